The third-order valence-corrected chi connectivity index (χ3v) is 2.34. The Balaban J connectivity index is 1.96. The van der Waals surface area contributed by atoms with Crippen LogP contribution in [0, 0.1) is 0 Å². The van der Waals surface area contributed by atoms with Gasteiger partial charge in [-0.05, 0) is 6.07 Å². The van der Waals surface area contributed by atoms with Crippen LogP contribution in [0.4, 0.5) is 5.69 Å². The van der Waals surface area contributed by atoms with Crippen LogP contribution in [0.3, 0.4) is 0 Å². The number of aryl methyl sites for hydroxylation is 1. The van der Waals surface area contributed by atoms with Crippen LogP contribution in [0.15, 0.2) is 28.9 Å². The van der Waals surface area contributed by atoms with Crippen molar-refractivity contribution in [2.24, 2.45) is 0 Å². The molecule has 0 aliphatic rings. The third-order valence-electron chi connectivity index (χ3n) is 2.34. The number of hydrogen-bond donors (Lipinski definition) is 1. The number of aromatic nitrogens is 2. The van der Waals surface area contributed by atoms with Crippen LogP contribution in [-0.2, 0) is 13.0 Å². The Hall–Kier alpha value is -2.04. The van der Waals surface area contributed by atoms with E-state index in [0.717, 1.165) is 17.9 Å². The monoisotopic (exact) mass is 233 g/mol. The van der Waals surface area contributed by atoms with Crippen LogP contribution in [0.1, 0.15) is 18.6 Å². The average Bonchev–Trinajstić information content (AvgIpc) is 2.84. The molecule has 1 N–H and O–H groups in total. The number of anilines is 1. The Kier molecular flexibility index (Phi) is 3.59. The molecule has 17 heavy (non-hydrogen) atoms. The molecule has 2 aromatic rings. The number of pyridine rings is 1. The van der Waals surface area contributed by atoms with Crippen molar-refractivity contribution in [1.82, 2.24) is 9.97 Å². The summed E-state index contributed by atoms with van der Waals surface area (Å²) < 4.78 is 10.5. The summed E-state index contributed by atoms with van der Waals surface area (Å²) in [4.78, 5) is 8.20. The first-order valence-corrected chi connectivity index (χ1v) is 5.49. The Labute approximate surface area is 99.8 Å². The van der Waals surface area contributed by atoms with Crippen molar-refractivity contribution in [3.63, 3.8) is 0 Å². The van der Waals surface area contributed by atoms with Gasteiger partial charge in [0.25, 0.3) is 0 Å². The molecule has 5 nitrogen and oxygen atoms in total. The van der Waals surface area contributed by atoms with Crippen molar-refractivity contribution < 1.29 is 9.15 Å². The Morgan fingerprint density at radius 2 is 2.29 bits per heavy atom. The zero-order valence-corrected chi connectivity index (χ0v) is 9.93. The van der Waals surface area contributed by atoms with Crippen molar-refractivity contribution in [2.45, 2.75) is 19.9 Å². The van der Waals surface area contributed by atoms with Crippen molar-refractivity contribution in [3.8, 4) is 5.88 Å². The molecule has 5 heteroatoms. The van der Waals surface area contributed by atoms with E-state index >= 15 is 0 Å². The first-order chi connectivity index (χ1) is 8.31. The van der Waals surface area contributed by atoms with Crippen LogP contribution >= 0.6 is 0 Å². The fraction of sp³-hybridized carbons (Fsp3) is 0.333. The summed E-state index contributed by atoms with van der Waals surface area (Å²) in [5, 5.41) is 3.20. The molecular weight excluding hydrogens is 218 g/mol. The Morgan fingerprint density at radius 3 is 3.00 bits per heavy atom. The van der Waals surface area contributed by atoms with Crippen LogP contribution in [0.25, 0.3) is 0 Å². The van der Waals surface area contributed by atoms with Crippen molar-refractivity contribution in [3.05, 3.63) is 36.2 Å². The predicted octanol–water partition coefficient (Wildman–Crippen LogP) is 2.25. The molecule has 0 aliphatic heterocycles. The Morgan fingerprint density at radius 1 is 1.41 bits per heavy atom. The van der Waals surface area contributed by atoms with Gasteiger partial charge in [0, 0.05) is 24.4 Å². The summed E-state index contributed by atoms with van der Waals surface area (Å²) in [5.41, 5.74) is 0.924. The van der Waals surface area contributed by atoms with Gasteiger partial charge in [-0.3, -0.25) is 0 Å². The molecule has 0 saturated carbocycles. The van der Waals surface area contributed by atoms with E-state index < -0.39 is 0 Å². The molecule has 0 fully saturated rings. The quantitative estimate of drug-likeness (QED) is 0.858. The van der Waals surface area contributed by atoms with E-state index in [0.29, 0.717) is 18.3 Å². The lowest BCUT2D eigenvalue weighted by Crippen LogP contribution is -2.00. The standard InChI is InChI=1S/C12H15N3O2/c1-3-10-7-15-12(17-10)8-14-9-4-5-13-11(6-9)16-2/h4-7H,3,8H2,1-2H3,(H,13,14). The van der Waals surface area contributed by atoms with E-state index in [9.17, 15) is 0 Å². The molecule has 0 atom stereocenters. The van der Waals surface area contributed by atoms with E-state index in [4.69, 9.17) is 9.15 Å². The number of nitrogens with one attached hydrogen (secondary N) is 1. The maximum absolute atomic E-state index is 5.49. The average molecular weight is 233 g/mol. The van der Waals surface area contributed by atoms with Gasteiger partial charge >= 0.3 is 0 Å². The highest BCUT2D eigenvalue weighted by Gasteiger charge is 2.02. The maximum atomic E-state index is 5.49. The normalized spacial score (nSPS) is 10.2. The van der Waals surface area contributed by atoms with Gasteiger partial charge in [-0.25, -0.2) is 9.97 Å². The number of hydrogen-bond acceptors (Lipinski definition) is 5. The number of rotatable bonds is 5. The van der Waals surface area contributed by atoms with Gasteiger partial charge in [0.1, 0.15) is 5.76 Å². The minimum Gasteiger partial charge on any atom is -0.481 e. The van der Waals surface area contributed by atoms with Crippen molar-refractivity contribution >= 4 is 5.69 Å². The van der Waals surface area contributed by atoms with Crippen LogP contribution < -0.4 is 10.1 Å². The first kappa shape index (κ1) is 11.4. The van der Waals surface area contributed by atoms with E-state index in [2.05, 4.69) is 15.3 Å². The minimum atomic E-state index is 0.549. The Bertz CT molecular complexity index is 482. The first-order valence-electron chi connectivity index (χ1n) is 5.49. The molecule has 0 saturated heterocycles. The topological polar surface area (TPSA) is 60.2 Å². The second-order valence-corrected chi connectivity index (χ2v) is 3.51. The fourth-order valence-electron chi connectivity index (χ4n) is 1.40. The molecule has 0 radical (unpaired) electrons. The minimum absolute atomic E-state index is 0.549. The predicted molar refractivity (Wildman–Crippen MR) is 64.0 cm³/mol. The molecule has 0 amide bonds. The highest BCUT2D eigenvalue weighted by atomic mass is 16.5. The molecule has 2 aromatic heterocycles. The lowest BCUT2D eigenvalue weighted by Gasteiger charge is -2.04. The SMILES string of the molecule is CCc1cnc(CNc2ccnc(OC)c2)o1. The largest absolute Gasteiger partial charge is 0.481 e. The molecule has 0 aliphatic carbocycles. The summed E-state index contributed by atoms with van der Waals surface area (Å²) >= 11 is 0. The lowest BCUT2D eigenvalue weighted by atomic mass is 10.4. The molecule has 0 unspecified atom stereocenters. The molecule has 90 valence electrons. The fourth-order valence-corrected chi connectivity index (χ4v) is 1.40. The van der Waals surface area contributed by atoms with Gasteiger partial charge in [-0.15, -0.1) is 0 Å². The van der Waals surface area contributed by atoms with Gasteiger partial charge in [0.15, 0.2) is 0 Å². The second kappa shape index (κ2) is 5.34. The van der Waals surface area contributed by atoms with Gasteiger partial charge in [-0.1, -0.05) is 6.92 Å². The van der Waals surface area contributed by atoms with Gasteiger partial charge in [0.05, 0.1) is 19.9 Å². The highest BCUT2D eigenvalue weighted by molar-refractivity contribution is 5.44. The second-order valence-electron chi connectivity index (χ2n) is 3.51. The smallest absolute Gasteiger partial charge is 0.214 e. The van der Waals surface area contributed by atoms with Gasteiger partial charge < -0.3 is 14.5 Å². The highest BCUT2D eigenvalue weighted by Crippen LogP contribution is 2.14. The van der Waals surface area contributed by atoms with Crippen LogP contribution in [-0.4, -0.2) is 17.1 Å². The van der Waals surface area contributed by atoms with Gasteiger partial charge in [0.2, 0.25) is 11.8 Å². The number of ether oxygens (including phenoxy) is 1. The molecular formula is C12H15N3O2. The molecule has 2 rings (SSSR count). The van der Waals surface area contributed by atoms with E-state index in [1.54, 1.807) is 19.5 Å². The lowest BCUT2D eigenvalue weighted by molar-refractivity contribution is 0.398. The number of nitrogens with zero attached hydrogens (tertiary/aromatic N) is 2. The summed E-state index contributed by atoms with van der Waals surface area (Å²) in [7, 11) is 1.59. The molecule has 0 aromatic carbocycles. The van der Waals surface area contributed by atoms with Crippen molar-refractivity contribution in [1.29, 1.82) is 0 Å². The number of oxazole rings is 1. The number of methoxy groups -OCH3 is 1. The summed E-state index contributed by atoms with van der Waals surface area (Å²) in [6.45, 7) is 2.58. The van der Waals surface area contributed by atoms with Crippen LogP contribution in [0.2, 0.25) is 0 Å². The molecule has 2 heterocycles. The zero-order valence-electron chi connectivity index (χ0n) is 9.93. The van der Waals surface area contributed by atoms with E-state index in [1.165, 1.54) is 0 Å². The van der Waals surface area contributed by atoms with Crippen molar-refractivity contribution in [2.75, 3.05) is 12.4 Å². The zero-order chi connectivity index (χ0) is 12.1. The van der Waals surface area contributed by atoms with E-state index in [1.807, 2.05) is 19.1 Å². The van der Waals surface area contributed by atoms with Crippen LogP contribution in [0.5, 0.6) is 5.88 Å². The van der Waals surface area contributed by atoms with Gasteiger partial charge in [-0.2, -0.15) is 0 Å². The third kappa shape index (κ3) is 2.96. The summed E-state index contributed by atoms with van der Waals surface area (Å²) in [6.07, 6.45) is 4.30. The summed E-state index contributed by atoms with van der Waals surface area (Å²) in [5.74, 6) is 2.16. The summed E-state index contributed by atoms with van der Waals surface area (Å²) in [6, 6.07) is 3.69. The van der Waals surface area contributed by atoms with E-state index in [-0.39, 0.29) is 0 Å². The molecule has 0 spiro atoms. The molecule has 0 bridgehead atoms. The maximum Gasteiger partial charge on any atom is 0.214 e.